The van der Waals surface area contributed by atoms with Crippen LogP contribution in [0.3, 0.4) is 0 Å². The summed E-state index contributed by atoms with van der Waals surface area (Å²) in [5.41, 5.74) is 2.35. The van der Waals surface area contributed by atoms with Crippen LogP contribution in [0.5, 0.6) is 5.75 Å². The third-order valence-electron chi connectivity index (χ3n) is 5.91. The summed E-state index contributed by atoms with van der Waals surface area (Å²) >= 11 is 1.29. The van der Waals surface area contributed by atoms with E-state index in [-0.39, 0.29) is 5.69 Å². The number of ether oxygens (including phenoxy) is 2. The minimum atomic E-state index is -3.72. The van der Waals surface area contributed by atoms with Crippen molar-refractivity contribution in [2.24, 2.45) is 5.92 Å². The molecule has 1 amide bonds. The van der Waals surface area contributed by atoms with E-state index in [1.165, 1.54) is 11.3 Å². The first kappa shape index (κ1) is 26.6. The van der Waals surface area contributed by atoms with E-state index < -0.39 is 15.9 Å². The molecule has 0 atom stereocenters. The number of benzene rings is 2. The summed E-state index contributed by atoms with van der Waals surface area (Å²) in [6.45, 7) is 4.39. The Morgan fingerprint density at radius 3 is 2.49 bits per heavy atom. The largest absolute Gasteiger partial charge is 0.493 e. The van der Waals surface area contributed by atoms with Crippen LogP contribution in [0.1, 0.15) is 39.3 Å². The average molecular weight is 541 g/mol. The van der Waals surface area contributed by atoms with Crippen molar-refractivity contribution >= 4 is 38.1 Å². The van der Waals surface area contributed by atoms with Crippen molar-refractivity contribution in [3.05, 3.63) is 70.2 Å². The van der Waals surface area contributed by atoms with E-state index >= 15 is 0 Å². The second-order valence-electron chi connectivity index (χ2n) is 8.86. The zero-order valence-corrected chi connectivity index (χ0v) is 22.3. The Morgan fingerprint density at radius 1 is 1.19 bits per heavy atom. The molecule has 1 aromatic heterocycles. The third-order valence-corrected chi connectivity index (χ3v) is 7.46. The number of amides is 1. The normalized spacial score (nSPS) is 14.1. The molecule has 1 aliphatic rings. The highest BCUT2D eigenvalue weighted by Crippen LogP contribution is 2.33. The molecule has 9 nitrogen and oxygen atoms in total. The summed E-state index contributed by atoms with van der Waals surface area (Å²) < 4.78 is 36.5. The lowest BCUT2D eigenvalue weighted by Crippen LogP contribution is -2.30. The highest BCUT2D eigenvalue weighted by atomic mass is 32.2. The molecular formula is C26H28N4O5S2. The van der Waals surface area contributed by atoms with Gasteiger partial charge < -0.3 is 14.4 Å². The summed E-state index contributed by atoms with van der Waals surface area (Å²) in [4.78, 5) is 19.5. The van der Waals surface area contributed by atoms with Crippen molar-refractivity contribution in [3.8, 4) is 11.8 Å². The molecule has 194 valence electrons. The number of hydrogen-bond acceptors (Lipinski definition) is 9. The van der Waals surface area contributed by atoms with Gasteiger partial charge in [0, 0.05) is 23.8 Å². The molecule has 1 fully saturated rings. The quantitative estimate of drug-likeness (QED) is 0.430. The number of nitrogens with zero attached hydrogens (tertiary/aromatic N) is 3. The van der Waals surface area contributed by atoms with Crippen LogP contribution in [0, 0.1) is 24.2 Å². The Labute approximate surface area is 220 Å². The number of carbonyl (C=O) groups is 1. The fraction of sp³-hybridized carbons (Fsp3) is 0.346. The Bertz CT molecular complexity index is 1370. The van der Waals surface area contributed by atoms with E-state index in [1.807, 2.05) is 46.0 Å². The summed E-state index contributed by atoms with van der Waals surface area (Å²) in [6.07, 6.45) is 2.94. The highest BCUT2D eigenvalue weighted by molar-refractivity contribution is 7.89. The van der Waals surface area contributed by atoms with Crippen LogP contribution in [-0.4, -0.2) is 45.4 Å². The Hall–Kier alpha value is -3.46. The van der Waals surface area contributed by atoms with Gasteiger partial charge in [-0.3, -0.25) is 4.79 Å². The zero-order chi connectivity index (χ0) is 26.4. The van der Waals surface area contributed by atoms with E-state index in [9.17, 15) is 18.5 Å². The first-order valence-electron chi connectivity index (χ1n) is 11.8. The molecule has 1 aliphatic heterocycles. The van der Waals surface area contributed by atoms with Gasteiger partial charge in [0.15, 0.2) is 5.13 Å². The zero-order valence-electron chi connectivity index (χ0n) is 20.6. The molecule has 0 spiro atoms. The van der Waals surface area contributed by atoms with Crippen LogP contribution in [-0.2, 0) is 21.3 Å². The van der Waals surface area contributed by atoms with Crippen LogP contribution in [0.2, 0.25) is 0 Å². The van der Waals surface area contributed by atoms with Gasteiger partial charge in [0.2, 0.25) is 10.0 Å². The lowest BCUT2D eigenvalue weighted by atomic mass is 10.0. The van der Waals surface area contributed by atoms with Crippen molar-refractivity contribution in [1.29, 1.82) is 5.26 Å². The fourth-order valence-corrected chi connectivity index (χ4v) is 5.27. The molecule has 37 heavy (non-hydrogen) atoms. The van der Waals surface area contributed by atoms with Crippen LogP contribution >= 0.6 is 11.3 Å². The number of nitriles is 1. The van der Waals surface area contributed by atoms with Crippen molar-refractivity contribution in [2.45, 2.75) is 26.3 Å². The number of anilines is 2. The van der Waals surface area contributed by atoms with E-state index in [1.54, 1.807) is 19.1 Å². The molecule has 0 saturated carbocycles. The van der Waals surface area contributed by atoms with Gasteiger partial charge >= 0.3 is 0 Å². The van der Waals surface area contributed by atoms with Gasteiger partial charge in [0.25, 0.3) is 5.91 Å². The molecule has 2 aromatic carbocycles. The monoisotopic (exact) mass is 540 g/mol. The first-order chi connectivity index (χ1) is 17.7. The van der Waals surface area contributed by atoms with Gasteiger partial charge in [-0.15, -0.1) is 11.3 Å². The fourth-order valence-electron chi connectivity index (χ4n) is 3.91. The van der Waals surface area contributed by atoms with E-state index in [2.05, 4.69) is 11.1 Å². The van der Waals surface area contributed by atoms with E-state index in [4.69, 9.17) is 9.47 Å². The molecule has 0 unspecified atom stereocenters. The molecule has 0 radical (unpaired) electrons. The second kappa shape index (κ2) is 11.7. The van der Waals surface area contributed by atoms with Crippen molar-refractivity contribution < 1.29 is 22.7 Å². The number of nitrogens with one attached hydrogen (secondary N) is 1. The summed E-state index contributed by atoms with van der Waals surface area (Å²) in [7, 11) is -3.72. The standard InChI is InChI=1S/C26H28N4O5S2/c1-18-24(25(31)29-37(2,32)33)28-26(36-18)30(22-7-3-19(15-27)4-8-22)16-20-5-9-23(10-6-20)35-17-21-11-13-34-14-12-21/h3-10,21H,11-14,16-17H2,1-2H3,(H,29,31). The maximum absolute atomic E-state index is 12.5. The summed E-state index contributed by atoms with van der Waals surface area (Å²) in [5, 5.41) is 9.71. The lowest BCUT2D eigenvalue weighted by molar-refractivity contribution is 0.0497. The Kier molecular flexibility index (Phi) is 8.43. The average Bonchev–Trinajstić information content (AvgIpc) is 3.28. The van der Waals surface area contributed by atoms with Gasteiger partial charge in [0.05, 0.1) is 31.0 Å². The number of thiazole rings is 1. The van der Waals surface area contributed by atoms with Crippen LogP contribution in [0.4, 0.5) is 10.8 Å². The van der Waals surface area contributed by atoms with Crippen molar-refractivity contribution in [1.82, 2.24) is 9.71 Å². The predicted octanol–water partition coefficient (Wildman–Crippen LogP) is 4.16. The molecule has 1 N–H and O–H groups in total. The molecule has 11 heteroatoms. The van der Waals surface area contributed by atoms with Gasteiger partial charge in [-0.1, -0.05) is 12.1 Å². The third kappa shape index (κ3) is 7.29. The van der Waals surface area contributed by atoms with Crippen LogP contribution < -0.4 is 14.4 Å². The SMILES string of the molecule is Cc1sc(N(Cc2ccc(OCC3CCOCC3)cc2)c2ccc(C#N)cc2)nc1C(=O)NS(C)(=O)=O. The van der Waals surface area contributed by atoms with Gasteiger partial charge in [0.1, 0.15) is 11.4 Å². The molecule has 4 rings (SSSR count). The summed E-state index contributed by atoms with van der Waals surface area (Å²) in [5.74, 6) is 0.529. The predicted molar refractivity (Wildman–Crippen MR) is 142 cm³/mol. The Morgan fingerprint density at radius 2 is 1.86 bits per heavy atom. The van der Waals surface area contributed by atoms with Crippen LogP contribution in [0.25, 0.3) is 0 Å². The molecule has 0 bridgehead atoms. The number of carbonyl (C=O) groups excluding carboxylic acids is 1. The number of aromatic nitrogens is 1. The number of sulfonamides is 1. The second-order valence-corrected chi connectivity index (χ2v) is 11.8. The van der Waals surface area contributed by atoms with Gasteiger partial charge in [-0.2, -0.15) is 5.26 Å². The number of aryl methyl sites for hydroxylation is 1. The Balaban J connectivity index is 1.55. The number of hydrogen-bond donors (Lipinski definition) is 1. The van der Waals surface area contributed by atoms with Crippen molar-refractivity contribution in [2.75, 3.05) is 31.0 Å². The molecule has 0 aliphatic carbocycles. The van der Waals surface area contributed by atoms with Crippen molar-refractivity contribution in [3.63, 3.8) is 0 Å². The van der Waals surface area contributed by atoms with Gasteiger partial charge in [-0.25, -0.2) is 18.1 Å². The summed E-state index contributed by atoms with van der Waals surface area (Å²) in [6, 6.07) is 17.0. The molecule has 1 saturated heterocycles. The number of rotatable bonds is 9. The minimum Gasteiger partial charge on any atom is -0.493 e. The highest BCUT2D eigenvalue weighted by Gasteiger charge is 2.22. The molecule has 3 aromatic rings. The van der Waals surface area contributed by atoms with E-state index in [0.717, 1.165) is 49.3 Å². The van der Waals surface area contributed by atoms with Crippen LogP contribution in [0.15, 0.2) is 48.5 Å². The maximum Gasteiger partial charge on any atom is 0.284 e. The van der Waals surface area contributed by atoms with Gasteiger partial charge in [-0.05, 0) is 67.6 Å². The lowest BCUT2D eigenvalue weighted by Gasteiger charge is -2.23. The minimum absolute atomic E-state index is 0.0564. The molecule has 2 heterocycles. The molecular weight excluding hydrogens is 512 g/mol. The smallest absolute Gasteiger partial charge is 0.284 e. The maximum atomic E-state index is 12.5. The van der Waals surface area contributed by atoms with E-state index in [0.29, 0.717) is 34.6 Å². The first-order valence-corrected chi connectivity index (χ1v) is 14.5. The topological polar surface area (TPSA) is 122 Å².